The van der Waals surface area contributed by atoms with Crippen LogP contribution in [-0.4, -0.2) is 67.6 Å². The Hall–Kier alpha value is -1.30. The number of carbonyl (C=O) groups is 2. The molecule has 0 spiro atoms. The lowest BCUT2D eigenvalue weighted by molar-refractivity contribution is -0.122. The van der Waals surface area contributed by atoms with Crippen molar-refractivity contribution < 1.29 is 9.59 Å². The van der Waals surface area contributed by atoms with Crippen LogP contribution >= 0.6 is 0 Å². The fourth-order valence-electron chi connectivity index (χ4n) is 3.48. The van der Waals surface area contributed by atoms with Gasteiger partial charge in [-0.05, 0) is 25.3 Å². The van der Waals surface area contributed by atoms with Gasteiger partial charge in [0.2, 0.25) is 5.91 Å². The van der Waals surface area contributed by atoms with Crippen molar-refractivity contribution >= 4 is 11.9 Å². The highest BCUT2D eigenvalue weighted by Crippen LogP contribution is 2.25. The number of nitrogens with one attached hydrogen (secondary N) is 2. The fourth-order valence-corrected chi connectivity index (χ4v) is 3.48. The number of hydrogen-bond donors (Lipinski definition) is 2. The van der Waals surface area contributed by atoms with E-state index in [1.165, 1.54) is 32.1 Å². The van der Waals surface area contributed by atoms with E-state index in [0.29, 0.717) is 25.4 Å². The summed E-state index contributed by atoms with van der Waals surface area (Å²) in [6, 6.07) is -0.0118. The van der Waals surface area contributed by atoms with Crippen LogP contribution in [0.3, 0.4) is 0 Å². The normalized spacial score (nSPS) is 20.3. The molecule has 2 rings (SSSR count). The SMILES string of the molecule is CCN1CCN(C(=O)NCCNC(=O)CC2CCCCC2)CC1. The number of likely N-dealkylation sites (N-methyl/N-ethyl adjacent to an activating group) is 1. The van der Waals surface area contributed by atoms with Crippen LogP contribution in [0, 0.1) is 5.92 Å². The van der Waals surface area contributed by atoms with Gasteiger partial charge in [-0.1, -0.05) is 26.2 Å². The van der Waals surface area contributed by atoms with E-state index in [1.807, 2.05) is 4.90 Å². The molecule has 3 amide bonds. The van der Waals surface area contributed by atoms with Crippen LogP contribution in [0.1, 0.15) is 45.4 Å². The fraction of sp³-hybridized carbons (Fsp3) is 0.882. The highest BCUT2D eigenvalue weighted by Gasteiger charge is 2.20. The molecule has 0 unspecified atom stereocenters. The molecule has 1 aliphatic heterocycles. The predicted molar refractivity (Wildman–Crippen MR) is 91.3 cm³/mol. The zero-order chi connectivity index (χ0) is 16.5. The molecule has 2 N–H and O–H groups in total. The Labute approximate surface area is 140 Å². The third kappa shape index (κ3) is 6.37. The summed E-state index contributed by atoms with van der Waals surface area (Å²) in [6.45, 7) is 7.68. The second-order valence-electron chi connectivity index (χ2n) is 6.71. The van der Waals surface area contributed by atoms with E-state index >= 15 is 0 Å². The highest BCUT2D eigenvalue weighted by molar-refractivity contribution is 5.76. The van der Waals surface area contributed by atoms with Gasteiger partial charge in [0.15, 0.2) is 0 Å². The molecule has 0 radical (unpaired) electrons. The number of amides is 3. The molecule has 1 aliphatic carbocycles. The summed E-state index contributed by atoms with van der Waals surface area (Å²) < 4.78 is 0. The first-order chi connectivity index (χ1) is 11.2. The molecule has 0 aromatic carbocycles. The summed E-state index contributed by atoms with van der Waals surface area (Å²) in [7, 11) is 0. The van der Waals surface area contributed by atoms with E-state index in [-0.39, 0.29) is 11.9 Å². The first-order valence-electron chi connectivity index (χ1n) is 9.21. The van der Waals surface area contributed by atoms with Crippen molar-refractivity contribution in [2.24, 2.45) is 5.92 Å². The largest absolute Gasteiger partial charge is 0.354 e. The van der Waals surface area contributed by atoms with E-state index < -0.39 is 0 Å². The van der Waals surface area contributed by atoms with Crippen LogP contribution in [0.15, 0.2) is 0 Å². The number of hydrogen-bond acceptors (Lipinski definition) is 3. The van der Waals surface area contributed by atoms with Crippen molar-refractivity contribution in [3.8, 4) is 0 Å². The van der Waals surface area contributed by atoms with Crippen molar-refractivity contribution in [2.45, 2.75) is 45.4 Å². The summed E-state index contributed by atoms with van der Waals surface area (Å²) >= 11 is 0. The lowest BCUT2D eigenvalue weighted by Crippen LogP contribution is -2.52. The third-order valence-electron chi connectivity index (χ3n) is 5.03. The molecule has 1 heterocycles. The van der Waals surface area contributed by atoms with E-state index in [4.69, 9.17) is 0 Å². The van der Waals surface area contributed by atoms with Crippen molar-refractivity contribution in [1.29, 1.82) is 0 Å². The van der Waals surface area contributed by atoms with Crippen LogP contribution in [0.5, 0.6) is 0 Å². The Bertz CT molecular complexity index is 375. The van der Waals surface area contributed by atoms with Gasteiger partial charge in [-0.2, -0.15) is 0 Å². The van der Waals surface area contributed by atoms with E-state index in [1.54, 1.807) is 0 Å². The number of rotatable bonds is 6. The maximum atomic E-state index is 12.0. The van der Waals surface area contributed by atoms with E-state index in [2.05, 4.69) is 22.5 Å². The lowest BCUT2D eigenvalue weighted by Gasteiger charge is -2.34. The Balaban J connectivity index is 1.52. The first kappa shape index (κ1) is 18.0. The summed E-state index contributed by atoms with van der Waals surface area (Å²) in [6.07, 6.45) is 6.87. The average Bonchev–Trinajstić information content (AvgIpc) is 2.59. The second-order valence-corrected chi connectivity index (χ2v) is 6.71. The van der Waals surface area contributed by atoms with Crippen LogP contribution in [-0.2, 0) is 4.79 Å². The van der Waals surface area contributed by atoms with Crippen molar-refractivity contribution in [3.05, 3.63) is 0 Å². The zero-order valence-corrected chi connectivity index (χ0v) is 14.5. The van der Waals surface area contributed by atoms with Gasteiger partial charge in [0, 0.05) is 45.7 Å². The standard InChI is InChI=1S/C17H32N4O2/c1-2-20-10-12-21(13-11-20)17(23)19-9-8-18-16(22)14-15-6-4-3-5-7-15/h15H,2-14H2,1H3,(H,18,22)(H,19,23). The number of piperazine rings is 1. The molecule has 0 aromatic rings. The van der Waals surface area contributed by atoms with Gasteiger partial charge in [0.05, 0.1) is 0 Å². The molecular weight excluding hydrogens is 292 g/mol. The summed E-state index contributed by atoms with van der Waals surface area (Å²) in [5, 5.41) is 5.82. The molecule has 0 aromatic heterocycles. The van der Waals surface area contributed by atoms with Crippen molar-refractivity contribution in [3.63, 3.8) is 0 Å². The molecule has 1 saturated carbocycles. The molecule has 23 heavy (non-hydrogen) atoms. The molecule has 0 atom stereocenters. The number of carbonyl (C=O) groups excluding carboxylic acids is 2. The lowest BCUT2D eigenvalue weighted by atomic mass is 9.87. The molecular formula is C17H32N4O2. The van der Waals surface area contributed by atoms with Crippen LogP contribution in [0.2, 0.25) is 0 Å². The van der Waals surface area contributed by atoms with Gasteiger partial charge in [-0.15, -0.1) is 0 Å². The minimum atomic E-state index is -0.0118. The van der Waals surface area contributed by atoms with Crippen molar-refractivity contribution in [1.82, 2.24) is 20.4 Å². The van der Waals surface area contributed by atoms with Gasteiger partial charge in [-0.3, -0.25) is 4.79 Å². The predicted octanol–water partition coefficient (Wildman–Crippen LogP) is 1.42. The second kappa shape index (κ2) is 9.75. The minimum absolute atomic E-state index is 0.0118. The van der Waals surface area contributed by atoms with Gasteiger partial charge in [0.1, 0.15) is 0 Å². The topological polar surface area (TPSA) is 64.7 Å². The molecule has 2 aliphatic rings. The molecule has 2 fully saturated rings. The maximum absolute atomic E-state index is 12.0. The average molecular weight is 324 g/mol. The Morgan fingerprint density at radius 3 is 2.26 bits per heavy atom. The number of urea groups is 1. The minimum Gasteiger partial charge on any atom is -0.354 e. The first-order valence-corrected chi connectivity index (χ1v) is 9.21. The number of nitrogens with zero attached hydrogens (tertiary/aromatic N) is 2. The highest BCUT2D eigenvalue weighted by atomic mass is 16.2. The van der Waals surface area contributed by atoms with E-state index in [0.717, 1.165) is 32.7 Å². The van der Waals surface area contributed by atoms with Crippen LogP contribution in [0.25, 0.3) is 0 Å². The Morgan fingerprint density at radius 2 is 1.61 bits per heavy atom. The monoisotopic (exact) mass is 324 g/mol. The van der Waals surface area contributed by atoms with Gasteiger partial charge in [-0.25, -0.2) is 4.79 Å². The van der Waals surface area contributed by atoms with Crippen LogP contribution < -0.4 is 10.6 Å². The Morgan fingerprint density at radius 1 is 0.957 bits per heavy atom. The summed E-state index contributed by atoms with van der Waals surface area (Å²) in [4.78, 5) is 28.1. The summed E-state index contributed by atoms with van der Waals surface area (Å²) in [5.74, 6) is 0.691. The molecule has 6 heteroatoms. The summed E-state index contributed by atoms with van der Waals surface area (Å²) in [5.41, 5.74) is 0. The smallest absolute Gasteiger partial charge is 0.317 e. The van der Waals surface area contributed by atoms with Crippen molar-refractivity contribution in [2.75, 3.05) is 45.8 Å². The van der Waals surface area contributed by atoms with Crippen LogP contribution in [0.4, 0.5) is 4.79 Å². The van der Waals surface area contributed by atoms with E-state index in [9.17, 15) is 9.59 Å². The molecule has 6 nitrogen and oxygen atoms in total. The molecule has 132 valence electrons. The Kier molecular flexibility index (Phi) is 7.65. The molecule has 1 saturated heterocycles. The van der Waals surface area contributed by atoms with Gasteiger partial charge in [0.25, 0.3) is 0 Å². The maximum Gasteiger partial charge on any atom is 0.317 e. The zero-order valence-electron chi connectivity index (χ0n) is 14.5. The van der Waals surface area contributed by atoms with Gasteiger partial charge >= 0.3 is 6.03 Å². The quantitative estimate of drug-likeness (QED) is 0.726. The third-order valence-corrected chi connectivity index (χ3v) is 5.03. The molecule has 0 bridgehead atoms. The van der Waals surface area contributed by atoms with Gasteiger partial charge < -0.3 is 20.4 Å².